The molecule has 222 valence electrons. The van der Waals surface area contributed by atoms with Gasteiger partial charge in [0.2, 0.25) is 10.0 Å². The Hall–Kier alpha value is -3.93. The molecule has 3 atom stereocenters. The number of hydrogen-bond donors (Lipinski definition) is 1. The predicted octanol–water partition coefficient (Wildman–Crippen LogP) is 8.81. The van der Waals surface area contributed by atoms with Gasteiger partial charge in [-0.3, -0.25) is 0 Å². The summed E-state index contributed by atoms with van der Waals surface area (Å²) in [7, 11) is -2.14. The molecule has 0 amide bonds. The van der Waals surface area contributed by atoms with Gasteiger partial charge >= 0.3 is 0 Å². The molecule has 1 unspecified atom stereocenters. The van der Waals surface area contributed by atoms with Gasteiger partial charge in [-0.25, -0.2) is 13.1 Å². The van der Waals surface area contributed by atoms with Gasteiger partial charge in [-0.05, 0) is 97.4 Å². The van der Waals surface area contributed by atoms with Gasteiger partial charge in [-0.1, -0.05) is 96.9 Å². The monoisotopic (exact) mass is 591 g/mol. The fourth-order valence-corrected chi connectivity index (χ4v) is 7.55. The highest BCUT2D eigenvalue weighted by Crippen LogP contribution is 2.45. The zero-order valence-corrected chi connectivity index (χ0v) is 26.7. The Balaban J connectivity index is 1.66. The maximum Gasteiger partial charge on any atom is 0.241 e. The second-order valence-electron chi connectivity index (χ2n) is 11.6. The molecule has 1 N–H and O–H groups in total. The summed E-state index contributed by atoms with van der Waals surface area (Å²) in [5.74, 6) is 0.877. The van der Waals surface area contributed by atoms with Crippen molar-refractivity contribution in [1.29, 1.82) is 0 Å². The number of benzene rings is 4. The molecule has 4 nitrogen and oxygen atoms in total. The molecule has 0 fully saturated rings. The molecule has 0 heterocycles. The van der Waals surface area contributed by atoms with Crippen molar-refractivity contribution in [2.75, 3.05) is 7.11 Å². The van der Waals surface area contributed by atoms with E-state index in [1.165, 1.54) is 27.9 Å². The minimum Gasteiger partial charge on any atom is -0.497 e. The van der Waals surface area contributed by atoms with E-state index in [0.717, 1.165) is 28.0 Å². The molecule has 0 bridgehead atoms. The van der Waals surface area contributed by atoms with E-state index in [0.29, 0.717) is 12.3 Å². The number of aryl methyl sites for hydroxylation is 1. The van der Waals surface area contributed by atoms with E-state index < -0.39 is 16.1 Å². The molecular weight excluding hydrogens is 550 g/mol. The summed E-state index contributed by atoms with van der Waals surface area (Å²) in [6.45, 7) is 10.9. The Morgan fingerprint density at radius 2 is 1.37 bits per heavy atom. The average molecular weight is 592 g/mol. The van der Waals surface area contributed by atoms with E-state index in [1.54, 1.807) is 19.2 Å². The number of hydrogen-bond acceptors (Lipinski definition) is 3. The van der Waals surface area contributed by atoms with Crippen LogP contribution < -0.4 is 9.46 Å². The summed E-state index contributed by atoms with van der Waals surface area (Å²) < 4.78 is 36.7. The Morgan fingerprint density at radius 1 is 0.767 bits per heavy atom. The average Bonchev–Trinajstić information content (AvgIpc) is 3.21. The molecular formula is C38H41NO3S. The lowest BCUT2D eigenvalue weighted by Gasteiger charge is -2.30. The van der Waals surface area contributed by atoms with Crippen LogP contribution in [0.3, 0.4) is 0 Å². The third kappa shape index (κ3) is 6.39. The molecule has 5 rings (SSSR count). The van der Waals surface area contributed by atoms with Crippen LogP contribution in [-0.2, 0) is 16.4 Å². The van der Waals surface area contributed by atoms with Crippen LogP contribution in [0.2, 0.25) is 0 Å². The molecule has 0 saturated heterocycles. The lowest BCUT2D eigenvalue weighted by atomic mass is 9.80. The van der Waals surface area contributed by atoms with Crippen molar-refractivity contribution in [3.05, 3.63) is 148 Å². The van der Waals surface area contributed by atoms with E-state index >= 15 is 0 Å². The molecule has 0 spiro atoms. The first-order valence-electron chi connectivity index (χ1n) is 14.9. The van der Waals surface area contributed by atoms with E-state index in [9.17, 15) is 8.42 Å². The van der Waals surface area contributed by atoms with Gasteiger partial charge < -0.3 is 4.74 Å². The number of sulfonamides is 1. The van der Waals surface area contributed by atoms with Crippen LogP contribution in [0, 0.1) is 12.8 Å². The Morgan fingerprint density at radius 3 is 1.93 bits per heavy atom. The highest BCUT2D eigenvalue weighted by Gasteiger charge is 2.32. The third-order valence-corrected chi connectivity index (χ3v) is 10.5. The van der Waals surface area contributed by atoms with Crippen LogP contribution in [0.1, 0.15) is 67.5 Å². The van der Waals surface area contributed by atoms with E-state index in [1.807, 2.05) is 73.7 Å². The van der Waals surface area contributed by atoms with Crippen LogP contribution >= 0.6 is 0 Å². The summed E-state index contributed by atoms with van der Waals surface area (Å²) in [5.41, 5.74) is 10.7. The molecule has 4 aromatic rings. The topological polar surface area (TPSA) is 55.4 Å². The van der Waals surface area contributed by atoms with Gasteiger partial charge in [0.1, 0.15) is 5.75 Å². The zero-order chi connectivity index (χ0) is 30.7. The van der Waals surface area contributed by atoms with E-state index in [2.05, 4.69) is 56.7 Å². The highest BCUT2D eigenvalue weighted by atomic mass is 32.2. The number of methoxy groups -OCH3 is 1. The number of rotatable bonds is 10. The fourth-order valence-electron chi connectivity index (χ4n) is 6.29. The maximum absolute atomic E-state index is 13.9. The molecule has 0 aromatic heterocycles. The number of allylic oxidation sites excluding steroid dienone is 4. The maximum atomic E-state index is 13.9. The SMILES string of the molecule is COc1ccc(C2=C(C)C(C)=C(C)C2C)c(C[C@H](c2ccccc2)[C@@H](NS(=O)(=O)c2ccc(C)cc2)c2ccccc2)c1. The Bertz CT molecular complexity index is 1760. The minimum atomic E-state index is -3.83. The smallest absolute Gasteiger partial charge is 0.241 e. The van der Waals surface area contributed by atoms with Crippen LogP contribution in [0.5, 0.6) is 5.75 Å². The second kappa shape index (κ2) is 12.7. The van der Waals surface area contributed by atoms with Crippen LogP contribution in [0.15, 0.2) is 125 Å². The van der Waals surface area contributed by atoms with Crippen molar-refractivity contribution in [2.24, 2.45) is 5.92 Å². The van der Waals surface area contributed by atoms with E-state index in [4.69, 9.17) is 4.74 Å². The van der Waals surface area contributed by atoms with Gasteiger partial charge in [0.25, 0.3) is 0 Å². The zero-order valence-electron chi connectivity index (χ0n) is 25.9. The summed E-state index contributed by atoms with van der Waals surface area (Å²) in [4.78, 5) is 0.255. The molecule has 0 aliphatic heterocycles. The molecule has 4 aromatic carbocycles. The first kappa shape index (κ1) is 30.5. The Kier molecular flexibility index (Phi) is 9.05. The second-order valence-corrected chi connectivity index (χ2v) is 13.3. The summed E-state index contributed by atoms with van der Waals surface area (Å²) in [5, 5.41) is 0. The van der Waals surface area contributed by atoms with Crippen LogP contribution in [-0.4, -0.2) is 15.5 Å². The van der Waals surface area contributed by atoms with Crippen molar-refractivity contribution >= 4 is 15.6 Å². The van der Waals surface area contributed by atoms with Crippen LogP contribution in [0.25, 0.3) is 5.57 Å². The molecule has 43 heavy (non-hydrogen) atoms. The van der Waals surface area contributed by atoms with Crippen molar-refractivity contribution < 1.29 is 13.2 Å². The third-order valence-electron chi connectivity index (χ3n) is 9.09. The largest absolute Gasteiger partial charge is 0.497 e. The number of nitrogens with one attached hydrogen (secondary N) is 1. The van der Waals surface area contributed by atoms with Crippen molar-refractivity contribution in [3.8, 4) is 5.75 Å². The normalized spacial score (nSPS) is 16.8. The standard InChI is InChI=1S/C38H41NO3S/c1-25-17-20-34(21-18-25)43(40,41)39-38(31-15-11-8-12-16-31)36(30-13-9-7-10-14-30)24-32-23-33(42-6)19-22-35(32)37-28(4)26(2)27(3)29(37)5/h7-23,28,36,38-39H,24H2,1-6H3/t28?,36-,38+/m1/s1. The lowest BCUT2D eigenvalue weighted by molar-refractivity contribution is 0.413. The van der Waals surface area contributed by atoms with Crippen molar-refractivity contribution in [1.82, 2.24) is 4.72 Å². The minimum absolute atomic E-state index is 0.206. The fraction of sp³-hybridized carbons (Fsp3) is 0.263. The van der Waals surface area contributed by atoms with Gasteiger partial charge in [-0.15, -0.1) is 0 Å². The predicted molar refractivity (Wildman–Crippen MR) is 177 cm³/mol. The molecule has 0 saturated carbocycles. The number of ether oxygens (including phenoxy) is 1. The summed E-state index contributed by atoms with van der Waals surface area (Å²) >= 11 is 0. The highest BCUT2D eigenvalue weighted by molar-refractivity contribution is 7.89. The molecule has 5 heteroatoms. The molecule has 1 aliphatic carbocycles. The van der Waals surface area contributed by atoms with Crippen molar-refractivity contribution in [2.45, 2.75) is 57.9 Å². The summed E-state index contributed by atoms with van der Waals surface area (Å²) in [6, 6.07) is 33.0. The molecule has 1 aliphatic rings. The Labute approximate surface area is 257 Å². The van der Waals surface area contributed by atoms with E-state index in [-0.39, 0.29) is 10.8 Å². The summed E-state index contributed by atoms with van der Waals surface area (Å²) in [6.07, 6.45) is 0.605. The van der Waals surface area contributed by atoms with Gasteiger partial charge in [-0.2, -0.15) is 0 Å². The van der Waals surface area contributed by atoms with Gasteiger partial charge in [0, 0.05) is 11.8 Å². The van der Waals surface area contributed by atoms with Gasteiger partial charge in [0.15, 0.2) is 0 Å². The first-order valence-corrected chi connectivity index (χ1v) is 16.3. The van der Waals surface area contributed by atoms with Crippen LogP contribution in [0.4, 0.5) is 0 Å². The molecule has 0 radical (unpaired) electrons. The first-order chi connectivity index (χ1) is 20.6. The van der Waals surface area contributed by atoms with Crippen molar-refractivity contribution in [3.63, 3.8) is 0 Å². The lowest BCUT2D eigenvalue weighted by Crippen LogP contribution is -2.33. The quantitative estimate of drug-likeness (QED) is 0.201. The van der Waals surface area contributed by atoms with Gasteiger partial charge in [0.05, 0.1) is 18.0 Å².